The maximum Gasteiger partial charge on any atom is 0.404 e. The van der Waals surface area contributed by atoms with Crippen LogP contribution in [0.1, 0.15) is 5.01 Å². The first-order valence-electron chi connectivity index (χ1n) is 5.45. The van der Waals surface area contributed by atoms with E-state index in [2.05, 4.69) is 26.2 Å². The summed E-state index contributed by atoms with van der Waals surface area (Å²) in [4.78, 5) is 14.7. The third kappa shape index (κ3) is 3.51. The molecule has 19 heavy (non-hydrogen) atoms. The molecule has 1 aromatic heterocycles. The van der Waals surface area contributed by atoms with Crippen LogP contribution in [0.25, 0.3) is 11.3 Å². The molecule has 0 aliphatic rings. The Kier molecular flexibility index (Phi) is 4.49. The van der Waals surface area contributed by atoms with Crippen molar-refractivity contribution in [2.45, 2.75) is 6.42 Å². The van der Waals surface area contributed by atoms with Gasteiger partial charge in [-0.25, -0.2) is 14.2 Å². The van der Waals surface area contributed by atoms with Crippen molar-refractivity contribution in [1.29, 1.82) is 0 Å². The molecule has 1 amide bonds. The molecule has 0 saturated carbocycles. The Morgan fingerprint density at radius 1 is 1.47 bits per heavy atom. The van der Waals surface area contributed by atoms with Crippen molar-refractivity contribution in [3.8, 4) is 11.3 Å². The highest BCUT2D eigenvalue weighted by Crippen LogP contribution is 2.34. The van der Waals surface area contributed by atoms with Gasteiger partial charge in [-0.2, -0.15) is 0 Å². The van der Waals surface area contributed by atoms with Gasteiger partial charge in [0.15, 0.2) is 0 Å². The number of hydrogen-bond acceptors (Lipinski definition) is 3. The van der Waals surface area contributed by atoms with Crippen LogP contribution in [0, 0.1) is 5.82 Å². The Morgan fingerprint density at radius 3 is 2.89 bits per heavy atom. The lowest BCUT2D eigenvalue weighted by atomic mass is 10.1. The number of aromatic nitrogens is 1. The van der Waals surface area contributed by atoms with Crippen LogP contribution in [0.3, 0.4) is 0 Å². The Balaban J connectivity index is 2.17. The zero-order chi connectivity index (χ0) is 13.8. The molecule has 0 aliphatic carbocycles. The third-order valence-corrected chi connectivity index (χ3v) is 4.14. The van der Waals surface area contributed by atoms with Crippen molar-refractivity contribution >= 4 is 33.4 Å². The van der Waals surface area contributed by atoms with Crippen molar-refractivity contribution in [1.82, 2.24) is 10.3 Å². The Hall–Kier alpha value is -1.47. The summed E-state index contributed by atoms with van der Waals surface area (Å²) < 4.78 is 14.4. The van der Waals surface area contributed by atoms with E-state index in [0.717, 1.165) is 8.79 Å². The molecular weight excluding hydrogens is 335 g/mol. The summed E-state index contributed by atoms with van der Waals surface area (Å²) in [7, 11) is 0. The predicted molar refractivity (Wildman–Crippen MR) is 74.9 cm³/mol. The monoisotopic (exact) mass is 344 g/mol. The molecule has 2 N–H and O–H groups in total. The van der Waals surface area contributed by atoms with Crippen LogP contribution in [0.2, 0.25) is 0 Å². The maximum absolute atomic E-state index is 13.7. The van der Waals surface area contributed by atoms with E-state index in [9.17, 15) is 9.18 Å². The highest BCUT2D eigenvalue weighted by Gasteiger charge is 2.14. The van der Waals surface area contributed by atoms with Crippen LogP contribution < -0.4 is 5.32 Å². The van der Waals surface area contributed by atoms with Crippen molar-refractivity contribution in [2.24, 2.45) is 0 Å². The number of rotatable bonds is 4. The molecule has 4 nitrogen and oxygen atoms in total. The summed E-state index contributed by atoms with van der Waals surface area (Å²) in [5.74, 6) is -0.330. The minimum atomic E-state index is -1.06. The second-order valence-electron chi connectivity index (χ2n) is 3.69. The van der Waals surface area contributed by atoms with Crippen LogP contribution in [-0.2, 0) is 6.42 Å². The van der Waals surface area contributed by atoms with E-state index < -0.39 is 6.09 Å². The number of hydrogen-bond donors (Lipinski definition) is 2. The zero-order valence-corrected chi connectivity index (χ0v) is 12.1. The number of thiazole rings is 1. The normalized spacial score (nSPS) is 10.4. The number of halogens is 2. The number of nitrogens with one attached hydrogen (secondary N) is 1. The van der Waals surface area contributed by atoms with Gasteiger partial charge >= 0.3 is 6.09 Å². The predicted octanol–water partition coefficient (Wildman–Crippen LogP) is 3.52. The number of nitrogens with zero attached hydrogens (tertiary/aromatic N) is 1. The fraction of sp³-hybridized carbons (Fsp3) is 0.167. The topological polar surface area (TPSA) is 62.2 Å². The number of carboxylic acid groups (broad SMARTS) is 1. The van der Waals surface area contributed by atoms with Gasteiger partial charge in [0.25, 0.3) is 0 Å². The standard InChI is InChI=1S/C12H10BrFN2O2S/c13-11-10(7-3-1-2-4-8(7)14)16-9(19-11)5-6-15-12(17)18/h1-4,15H,5-6H2,(H,17,18). The summed E-state index contributed by atoms with van der Waals surface area (Å²) in [5.41, 5.74) is 0.983. The van der Waals surface area contributed by atoms with Gasteiger partial charge in [-0.3, -0.25) is 0 Å². The van der Waals surface area contributed by atoms with Gasteiger partial charge in [-0.05, 0) is 28.1 Å². The first-order chi connectivity index (χ1) is 9.08. The second kappa shape index (κ2) is 6.12. The van der Waals surface area contributed by atoms with Crippen molar-refractivity contribution in [2.75, 3.05) is 6.54 Å². The molecule has 1 heterocycles. The number of benzene rings is 1. The fourth-order valence-corrected chi connectivity index (χ4v) is 3.21. The lowest BCUT2D eigenvalue weighted by molar-refractivity contribution is 0.194. The third-order valence-electron chi connectivity index (χ3n) is 2.37. The molecule has 0 aliphatic heterocycles. The smallest absolute Gasteiger partial charge is 0.404 e. The number of carbonyl (C=O) groups is 1. The molecule has 1 aromatic carbocycles. The van der Waals surface area contributed by atoms with Gasteiger partial charge in [-0.15, -0.1) is 11.3 Å². The largest absolute Gasteiger partial charge is 0.465 e. The molecule has 7 heteroatoms. The van der Waals surface area contributed by atoms with Crippen LogP contribution >= 0.6 is 27.3 Å². The molecule has 100 valence electrons. The highest BCUT2D eigenvalue weighted by molar-refractivity contribution is 9.11. The summed E-state index contributed by atoms with van der Waals surface area (Å²) >= 11 is 4.74. The summed E-state index contributed by atoms with van der Waals surface area (Å²) in [6.45, 7) is 0.284. The summed E-state index contributed by atoms with van der Waals surface area (Å²) in [6, 6.07) is 6.41. The van der Waals surface area contributed by atoms with Gasteiger partial charge in [0.05, 0.1) is 14.5 Å². The minimum Gasteiger partial charge on any atom is -0.465 e. The van der Waals surface area contributed by atoms with Crippen LogP contribution in [0.15, 0.2) is 28.1 Å². The Morgan fingerprint density at radius 2 is 2.21 bits per heavy atom. The molecule has 0 atom stereocenters. The van der Waals surface area contributed by atoms with Gasteiger partial charge in [0, 0.05) is 18.5 Å². The lowest BCUT2D eigenvalue weighted by Gasteiger charge is -1.99. The molecule has 0 unspecified atom stereocenters. The highest BCUT2D eigenvalue weighted by atomic mass is 79.9. The summed E-state index contributed by atoms with van der Waals surface area (Å²) in [5, 5.41) is 11.5. The minimum absolute atomic E-state index is 0.284. The van der Waals surface area contributed by atoms with Gasteiger partial charge < -0.3 is 10.4 Å². The van der Waals surface area contributed by atoms with E-state index in [4.69, 9.17) is 5.11 Å². The lowest BCUT2D eigenvalue weighted by Crippen LogP contribution is -2.23. The van der Waals surface area contributed by atoms with Crippen molar-refractivity contribution in [3.05, 3.63) is 38.9 Å². The average molecular weight is 345 g/mol. The Bertz CT molecular complexity index is 603. The van der Waals surface area contributed by atoms with Crippen molar-refractivity contribution < 1.29 is 14.3 Å². The van der Waals surface area contributed by atoms with E-state index in [1.807, 2.05) is 0 Å². The molecule has 2 aromatic rings. The molecule has 0 spiro atoms. The average Bonchev–Trinajstić information content (AvgIpc) is 2.70. The SMILES string of the molecule is O=C(O)NCCc1nc(-c2ccccc2F)c(Br)s1. The zero-order valence-electron chi connectivity index (χ0n) is 9.69. The molecule has 0 fully saturated rings. The van der Waals surface area contributed by atoms with Crippen LogP contribution in [-0.4, -0.2) is 22.7 Å². The number of amides is 1. The van der Waals surface area contributed by atoms with Crippen molar-refractivity contribution in [3.63, 3.8) is 0 Å². The van der Waals surface area contributed by atoms with Crippen LogP contribution in [0.4, 0.5) is 9.18 Å². The molecule has 0 bridgehead atoms. The van der Waals surface area contributed by atoms with Crippen LogP contribution in [0.5, 0.6) is 0 Å². The molecule has 0 radical (unpaired) electrons. The van der Waals surface area contributed by atoms with Gasteiger partial charge in [-0.1, -0.05) is 12.1 Å². The van der Waals surface area contributed by atoms with E-state index in [1.165, 1.54) is 17.4 Å². The molecular formula is C12H10BrFN2O2S. The Labute approximate surface area is 121 Å². The van der Waals surface area contributed by atoms with Gasteiger partial charge in [0.2, 0.25) is 0 Å². The first kappa shape index (κ1) is 14.0. The maximum atomic E-state index is 13.7. The quantitative estimate of drug-likeness (QED) is 0.891. The second-order valence-corrected chi connectivity index (χ2v) is 6.09. The van der Waals surface area contributed by atoms with E-state index in [0.29, 0.717) is 17.7 Å². The van der Waals surface area contributed by atoms with E-state index in [1.54, 1.807) is 18.2 Å². The van der Waals surface area contributed by atoms with E-state index >= 15 is 0 Å². The van der Waals surface area contributed by atoms with Gasteiger partial charge in [0.1, 0.15) is 5.82 Å². The summed E-state index contributed by atoms with van der Waals surface area (Å²) in [6.07, 6.45) is -0.589. The molecule has 0 saturated heterocycles. The van der Waals surface area contributed by atoms with E-state index in [-0.39, 0.29) is 12.4 Å². The fourth-order valence-electron chi connectivity index (χ4n) is 1.55. The first-order valence-corrected chi connectivity index (χ1v) is 7.06. The molecule has 2 rings (SSSR count).